The molecule has 1 atom stereocenters. The molecule has 0 aromatic carbocycles. The number of ether oxygens (including phenoxy) is 2. The summed E-state index contributed by atoms with van der Waals surface area (Å²) in [4.78, 5) is 14.4. The number of hydrogen-bond acceptors (Lipinski definition) is 5. The molecule has 1 rings (SSSR count). The number of nitrogens with zero attached hydrogens (tertiary/aromatic N) is 1. The number of rotatable bonds is 6. The van der Waals surface area contributed by atoms with E-state index in [2.05, 4.69) is 4.98 Å². The third kappa shape index (κ3) is 3.48. The molecule has 1 heterocycles. The van der Waals surface area contributed by atoms with Crippen molar-refractivity contribution in [2.75, 3.05) is 20.3 Å². The van der Waals surface area contributed by atoms with E-state index in [4.69, 9.17) is 14.6 Å². The van der Waals surface area contributed by atoms with Gasteiger partial charge in [0.1, 0.15) is 12.7 Å². The van der Waals surface area contributed by atoms with E-state index in [1.54, 1.807) is 6.07 Å². The van der Waals surface area contributed by atoms with Crippen molar-refractivity contribution in [3.8, 4) is 5.75 Å². The zero-order valence-electron chi connectivity index (χ0n) is 8.79. The normalized spacial score (nSPS) is 12.1. The van der Waals surface area contributed by atoms with Crippen molar-refractivity contribution in [3.05, 3.63) is 24.0 Å². The molecule has 0 aliphatic carbocycles. The largest absolute Gasteiger partial charge is 0.488 e. The molecule has 1 unspecified atom stereocenters. The van der Waals surface area contributed by atoms with E-state index in [1.807, 2.05) is 0 Å². The van der Waals surface area contributed by atoms with E-state index in [1.165, 1.54) is 19.4 Å². The highest BCUT2D eigenvalue weighted by molar-refractivity contribution is 5.88. The fourth-order valence-electron chi connectivity index (χ4n) is 1.09. The highest BCUT2D eigenvalue weighted by Crippen LogP contribution is 2.15. The summed E-state index contributed by atoms with van der Waals surface area (Å²) in [7, 11) is 1.45. The fraction of sp³-hybridized carbons (Fsp3) is 0.400. The Morgan fingerprint density at radius 1 is 1.56 bits per heavy atom. The number of carbonyl (C=O) groups is 1. The van der Waals surface area contributed by atoms with Crippen LogP contribution in [0, 0.1) is 0 Å². The molecule has 0 saturated heterocycles. The number of carboxylic acids is 1. The number of aliphatic hydroxyl groups is 1. The number of aromatic carboxylic acids is 1. The monoisotopic (exact) mass is 227 g/mol. The lowest BCUT2D eigenvalue weighted by Crippen LogP contribution is -2.23. The number of aromatic nitrogens is 1. The molecule has 0 saturated carbocycles. The Kier molecular flexibility index (Phi) is 4.68. The van der Waals surface area contributed by atoms with Crippen LogP contribution in [0.4, 0.5) is 0 Å². The summed E-state index contributed by atoms with van der Waals surface area (Å²) in [6, 6.07) is 3.04. The van der Waals surface area contributed by atoms with Gasteiger partial charge in [-0.3, -0.25) is 0 Å². The summed E-state index contributed by atoms with van der Waals surface area (Å²) in [5.41, 5.74) is -0.174. The minimum atomic E-state index is -1.17. The van der Waals surface area contributed by atoms with E-state index in [0.29, 0.717) is 0 Å². The smallest absolute Gasteiger partial charge is 0.358 e. The lowest BCUT2D eigenvalue weighted by atomic mass is 10.3. The van der Waals surface area contributed by atoms with Crippen LogP contribution in [-0.2, 0) is 4.74 Å². The SMILES string of the molecule is COCC(O)COc1cccnc1C(=O)O. The molecule has 0 aliphatic rings. The average Bonchev–Trinajstić information content (AvgIpc) is 2.27. The topological polar surface area (TPSA) is 88.9 Å². The fourth-order valence-corrected chi connectivity index (χ4v) is 1.09. The quantitative estimate of drug-likeness (QED) is 0.720. The second-order valence-electron chi connectivity index (χ2n) is 3.08. The van der Waals surface area contributed by atoms with Crippen LogP contribution in [0.3, 0.4) is 0 Å². The van der Waals surface area contributed by atoms with E-state index in [9.17, 15) is 9.90 Å². The van der Waals surface area contributed by atoms with Gasteiger partial charge in [-0.1, -0.05) is 0 Å². The van der Waals surface area contributed by atoms with Gasteiger partial charge in [-0.15, -0.1) is 0 Å². The molecule has 88 valence electrons. The first kappa shape index (κ1) is 12.4. The third-order valence-electron chi connectivity index (χ3n) is 1.76. The summed E-state index contributed by atoms with van der Waals surface area (Å²) in [6.07, 6.45) is 0.564. The Morgan fingerprint density at radius 2 is 2.31 bits per heavy atom. The van der Waals surface area contributed by atoms with Gasteiger partial charge in [-0.2, -0.15) is 0 Å². The van der Waals surface area contributed by atoms with E-state index < -0.39 is 12.1 Å². The highest BCUT2D eigenvalue weighted by Gasteiger charge is 2.13. The number of carboxylic acid groups (broad SMARTS) is 1. The predicted octanol–water partition coefficient (Wildman–Crippen LogP) is 0.166. The van der Waals surface area contributed by atoms with Gasteiger partial charge in [-0.05, 0) is 12.1 Å². The molecule has 0 aliphatic heterocycles. The lowest BCUT2D eigenvalue weighted by Gasteiger charge is -2.12. The van der Waals surface area contributed by atoms with Crippen LogP contribution in [0.5, 0.6) is 5.75 Å². The van der Waals surface area contributed by atoms with Gasteiger partial charge in [0.15, 0.2) is 11.4 Å². The summed E-state index contributed by atoms with van der Waals surface area (Å²) in [6.45, 7) is 0.0858. The Morgan fingerprint density at radius 3 is 2.94 bits per heavy atom. The maximum absolute atomic E-state index is 10.8. The second kappa shape index (κ2) is 6.04. The van der Waals surface area contributed by atoms with Crippen LogP contribution in [0.1, 0.15) is 10.5 Å². The van der Waals surface area contributed by atoms with Crippen molar-refractivity contribution in [3.63, 3.8) is 0 Å². The average molecular weight is 227 g/mol. The van der Waals surface area contributed by atoms with Crippen molar-refractivity contribution < 1.29 is 24.5 Å². The summed E-state index contributed by atoms with van der Waals surface area (Å²) in [5.74, 6) is -1.04. The Bertz CT molecular complexity index is 355. The number of methoxy groups -OCH3 is 1. The molecule has 1 aromatic rings. The van der Waals surface area contributed by atoms with Gasteiger partial charge in [-0.25, -0.2) is 9.78 Å². The number of hydrogen-bond donors (Lipinski definition) is 2. The molecule has 0 bridgehead atoms. The second-order valence-corrected chi connectivity index (χ2v) is 3.08. The van der Waals surface area contributed by atoms with Gasteiger partial charge in [0, 0.05) is 13.3 Å². The molecule has 16 heavy (non-hydrogen) atoms. The van der Waals surface area contributed by atoms with Crippen molar-refractivity contribution in [1.29, 1.82) is 0 Å². The molecule has 0 fully saturated rings. The molecule has 0 radical (unpaired) electrons. The van der Waals surface area contributed by atoms with Gasteiger partial charge < -0.3 is 19.7 Å². The van der Waals surface area contributed by atoms with Crippen LogP contribution >= 0.6 is 0 Å². The first-order chi connectivity index (χ1) is 7.65. The minimum absolute atomic E-state index is 0.0419. The van der Waals surface area contributed by atoms with Gasteiger partial charge in [0.05, 0.1) is 6.61 Å². The molecule has 0 amide bonds. The molecular formula is C10H13NO5. The maximum Gasteiger partial charge on any atom is 0.358 e. The van der Waals surface area contributed by atoms with Crippen LogP contribution in [0.15, 0.2) is 18.3 Å². The van der Waals surface area contributed by atoms with E-state index >= 15 is 0 Å². The van der Waals surface area contributed by atoms with Crippen molar-refractivity contribution in [2.45, 2.75) is 6.10 Å². The molecule has 6 heteroatoms. The zero-order chi connectivity index (χ0) is 12.0. The molecule has 6 nitrogen and oxygen atoms in total. The number of aliphatic hydroxyl groups excluding tert-OH is 1. The van der Waals surface area contributed by atoms with Crippen LogP contribution < -0.4 is 4.74 Å². The standard InChI is InChI=1S/C10H13NO5/c1-15-5-7(12)6-16-8-3-2-4-11-9(8)10(13)14/h2-4,7,12H,5-6H2,1H3,(H,13,14). The highest BCUT2D eigenvalue weighted by atomic mass is 16.5. The van der Waals surface area contributed by atoms with Crippen LogP contribution in [-0.4, -0.2) is 47.6 Å². The minimum Gasteiger partial charge on any atom is -0.488 e. The van der Waals surface area contributed by atoms with Crippen LogP contribution in [0.2, 0.25) is 0 Å². The van der Waals surface area contributed by atoms with Gasteiger partial charge >= 0.3 is 5.97 Å². The molecule has 0 spiro atoms. The first-order valence-corrected chi connectivity index (χ1v) is 4.63. The Labute approximate surface area is 92.5 Å². The van der Waals surface area contributed by atoms with Crippen molar-refractivity contribution >= 4 is 5.97 Å². The molecule has 1 aromatic heterocycles. The van der Waals surface area contributed by atoms with Crippen LogP contribution in [0.25, 0.3) is 0 Å². The van der Waals surface area contributed by atoms with Crippen molar-refractivity contribution in [2.24, 2.45) is 0 Å². The van der Waals surface area contributed by atoms with E-state index in [-0.39, 0.29) is 24.7 Å². The number of pyridine rings is 1. The maximum atomic E-state index is 10.8. The predicted molar refractivity (Wildman–Crippen MR) is 54.6 cm³/mol. The molecular weight excluding hydrogens is 214 g/mol. The summed E-state index contributed by atoms with van der Waals surface area (Å²) < 4.78 is 9.85. The van der Waals surface area contributed by atoms with Gasteiger partial charge in [0.2, 0.25) is 0 Å². The molecule has 2 N–H and O–H groups in total. The van der Waals surface area contributed by atoms with E-state index in [0.717, 1.165) is 0 Å². The van der Waals surface area contributed by atoms with Crippen molar-refractivity contribution in [1.82, 2.24) is 4.98 Å². The zero-order valence-corrected chi connectivity index (χ0v) is 8.79. The third-order valence-corrected chi connectivity index (χ3v) is 1.76. The summed E-state index contributed by atoms with van der Waals surface area (Å²) >= 11 is 0. The Hall–Kier alpha value is -1.66. The first-order valence-electron chi connectivity index (χ1n) is 4.63. The van der Waals surface area contributed by atoms with Gasteiger partial charge in [0.25, 0.3) is 0 Å². The summed E-state index contributed by atoms with van der Waals surface area (Å²) in [5, 5.41) is 18.1. The Balaban J connectivity index is 2.63. The lowest BCUT2D eigenvalue weighted by molar-refractivity contribution is 0.0317.